The Morgan fingerprint density at radius 3 is 2.29 bits per heavy atom. The second-order valence-corrected chi connectivity index (χ2v) is 5.56. The number of urea groups is 1. The van der Waals surface area contributed by atoms with E-state index in [2.05, 4.69) is 5.32 Å². The Hall–Kier alpha value is -1.92. The van der Waals surface area contributed by atoms with Crippen LogP contribution in [-0.4, -0.2) is 52.7 Å². The third-order valence-electron chi connectivity index (χ3n) is 4.53. The maximum Gasteiger partial charge on any atom is 0.331 e. The summed E-state index contributed by atoms with van der Waals surface area (Å²) in [7, 11) is 0. The molecule has 116 valence electrons. The Kier molecular flexibility index (Phi) is 4.02. The minimum absolute atomic E-state index is 0.285. The molecule has 2 fully saturated rings. The molecule has 1 heterocycles. The first kappa shape index (κ1) is 15.5. The quantitative estimate of drug-likeness (QED) is 0.765. The molecule has 21 heavy (non-hydrogen) atoms. The molecule has 0 radical (unpaired) electrons. The van der Waals surface area contributed by atoms with E-state index >= 15 is 0 Å². The average Bonchev–Trinajstić information content (AvgIpc) is 2.37. The van der Waals surface area contributed by atoms with Gasteiger partial charge in [-0.25, -0.2) is 4.79 Å². The fourth-order valence-corrected chi connectivity index (χ4v) is 2.93. The second-order valence-electron chi connectivity index (χ2n) is 5.56. The van der Waals surface area contributed by atoms with Gasteiger partial charge in [-0.15, -0.1) is 0 Å². The van der Waals surface area contributed by atoms with Crippen molar-refractivity contribution in [3.05, 3.63) is 0 Å². The van der Waals surface area contributed by atoms with Crippen molar-refractivity contribution >= 4 is 23.8 Å². The highest BCUT2D eigenvalue weighted by atomic mass is 16.2. The molecule has 1 saturated heterocycles. The zero-order valence-electron chi connectivity index (χ0n) is 12.6. The molecule has 2 rings (SSSR count). The van der Waals surface area contributed by atoms with Crippen LogP contribution in [0.5, 0.6) is 0 Å². The largest absolute Gasteiger partial charge is 0.341 e. The predicted octanol–water partition coefficient (Wildman–Crippen LogP) is 0.492. The van der Waals surface area contributed by atoms with E-state index < -0.39 is 29.3 Å². The fourth-order valence-electron chi connectivity index (χ4n) is 2.93. The van der Waals surface area contributed by atoms with E-state index in [1.54, 1.807) is 4.90 Å². The zero-order valence-corrected chi connectivity index (χ0v) is 12.6. The lowest BCUT2D eigenvalue weighted by Gasteiger charge is -2.46. The Bertz CT molecular complexity index is 494. The highest BCUT2D eigenvalue weighted by Gasteiger charge is 2.58. The van der Waals surface area contributed by atoms with Gasteiger partial charge in [-0.2, -0.15) is 0 Å². The van der Waals surface area contributed by atoms with Crippen molar-refractivity contribution in [2.45, 2.75) is 46.1 Å². The van der Waals surface area contributed by atoms with Crippen LogP contribution in [0.15, 0.2) is 0 Å². The molecule has 0 bridgehead atoms. The molecule has 1 saturated carbocycles. The first-order valence-corrected chi connectivity index (χ1v) is 7.37. The number of nitrogens with zero attached hydrogens (tertiary/aromatic N) is 2. The summed E-state index contributed by atoms with van der Waals surface area (Å²) < 4.78 is 0. The van der Waals surface area contributed by atoms with E-state index in [9.17, 15) is 19.2 Å². The van der Waals surface area contributed by atoms with Gasteiger partial charge >= 0.3 is 6.03 Å². The van der Waals surface area contributed by atoms with E-state index in [1.807, 2.05) is 13.8 Å². The first-order valence-electron chi connectivity index (χ1n) is 7.37. The average molecular weight is 295 g/mol. The maximum atomic E-state index is 12.6. The van der Waals surface area contributed by atoms with Gasteiger partial charge in [0.15, 0.2) is 0 Å². The van der Waals surface area contributed by atoms with Gasteiger partial charge in [0.1, 0.15) is 11.5 Å². The standard InChI is InChI=1S/C14H21N3O4/c1-4-16(5-2)10(18)9(3)17-12(20)14(7-6-8-14)11(19)15-13(17)21/h9H,4-8H2,1-3H3,(H,15,19,21). The third kappa shape index (κ3) is 2.20. The zero-order chi connectivity index (χ0) is 15.8. The van der Waals surface area contributed by atoms with Crippen LogP contribution in [0.2, 0.25) is 0 Å². The number of carbonyl (C=O) groups is 4. The van der Waals surface area contributed by atoms with Crippen molar-refractivity contribution in [3.63, 3.8) is 0 Å². The summed E-state index contributed by atoms with van der Waals surface area (Å²) in [6, 6.07) is -1.70. The molecule has 1 aliphatic carbocycles. The van der Waals surface area contributed by atoms with Gasteiger partial charge in [0.05, 0.1) is 0 Å². The molecule has 7 heteroatoms. The number of carbonyl (C=O) groups excluding carboxylic acids is 4. The van der Waals surface area contributed by atoms with Gasteiger partial charge in [-0.1, -0.05) is 6.42 Å². The number of rotatable bonds is 4. The summed E-state index contributed by atoms with van der Waals surface area (Å²) in [6.45, 7) is 6.22. The van der Waals surface area contributed by atoms with Crippen LogP contribution in [0, 0.1) is 5.41 Å². The van der Waals surface area contributed by atoms with E-state index in [1.165, 1.54) is 6.92 Å². The van der Waals surface area contributed by atoms with Crippen LogP contribution < -0.4 is 5.32 Å². The van der Waals surface area contributed by atoms with Crippen LogP contribution in [0.1, 0.15) is 40.0 Å². The molecule has 0 aromatic rings. The van der Waals surface area contributed by atoms with E-state index in [4.69, 9.17) is 0 Å². The van der Waals surface area contributed by atoms with Crippen molar-refractivity contribution in [2.75, 3.05) is 13.1 Å². The van der Waals surface area contributed by atoms with Gasteiger partial charge in [0.2, 0.25) is 17.7 Å². The number of hydrogen-bond acceptors (Lipinski definition) is 4. The van der Waals surface area contributed by atoms with Crippen molar-refractivity contribution in [3.8, 4) is 0 Å². The summed E-state index contributed by atoms with van der Waals surface area (Å²) in [5.74, 6) is -1.34. The monoisotopic (exact) mass is 295 g/mol. The Morgan fingerprint density at radius 1 is 1.29 bits per heavy atom. The van der Waals surface area contributed by atoms with Crippen molar-refractivity contribution < 1.29 is 19.2 Å². The SMILES string of the molecule is CCN(CC)C(=O)C(C)N1C(=O)NC(=O)C2(CCC2)C1=O. The topological polar surface area (TPSA) is 86.8 Å². The maximum absolute atomic E-state index is 12.6. The van der Waals surface area contributed by atoms with Gasteiger partial charge < -0.3 is 4.90 Å². The number of likely N-dealkylation sites (N-methyl/N-ethyl adjacent to an activating group) is 1. The normalized spacial score (nSPS) is 21.9. The molecule has 7 nitrogen and oxygen atoms in total. The molecule has 0 aromatic carbocycles. The molecule has 1 spiro atoms. The number of barbiturate groups is 1. The number of amides is 5. The van der Waals surface area contributed by atoms with Crippen molar-refractivity contribution in [1.82, 2.24) is 15.1 Å². The minimum atomic E-state index is -1.13. The summed E-state index contributed by atoms with van der Waals surface area (Å²) in [6.07, 6.45) is 1.65. The molecule has 2 aliphatic rings. The number of nitrogens with one attached hydrogen (secondary N) is 1. The summed E-state index contributed by atoms with van der Waals surface area (Å²) in [5.41, 5.74) is -1.13. The van der Waals surface area contributed by atoms with Crippen molar-refractivity contribution in [1.29, 1.82) is 0 Å². The van der Waals surface area contributed by atoms with Gasteiger partial charge in [0.25, 0.3) is 0 Å². The Balaban J connectivity index is 2.25. The Morgan fingerprint density at radius 2 is 1.86 bits per heavy atom. The van der Waals surface area contributed by atoms with Crippen molar-refractivity contribution in [2.24, 2.45) is 5.41 Å². The fraction of sp³-hybridized carbons (Fsp3) is 0.714. The molecule has 5 amide bonds. The van der Waals surface area contributed by atoms with Crippen LogP contribution in [-0.2, 0) is 14.4 Å². The highest BCUT2D eigenvalue weighted by Crippen LogP contribution is 2.44. The van der Waals surface area contributed by atoms with Crippen LogP contribution in [0.25, 0.3) is 0 Å². The summed E-state index contributed by atoms with van der Waals surface area (Å²) >= 11 is 0. The molecular formula is C14H21N3O4. The lowest BCUT2D eigenvalue weighted by Crippen LogP contribution is -2.69. The second kappa shape index (κ2) is 5.46. The molecule has 1 N–H and O–H groups in total. The van der Waals surface area contributed by atoms with Crippen LogP contribution >= 0.6 is 0 Å². The smallest absolute Gasteiger partial charge is 0.331 e. The lowest BCUT2D eigenvalue weighted by molar-refractivity contribution is -0.162. The number of hydrogen-bond donors (Lipinski definition) is 1. The third-order valence-corrected chi connectivity index (χ3v) is 4.53. The first-order chi connectivity index (χ1) is 9.89. The van der Waals surface area contributed by atoms with Crippen LogP contribution in [0.3, 0.4) is 0 Å². The summed E-state index contributed by atoms with van der Waals surface area (Å²) in [4.78, 5) is 51.3. The lowest BCUT2D eigenvalue weighted by atomic mass is 9.66. The molecule has 0 aromatic heterocycles. The molecule has 1 unspecified atom stereocenters. The van der Waals surface area contributed by atoms with Gasteiger partial charge in [-0.3, -0.25) is 24.6 Å². The van der Waals surface area contributed by atoms with E-state index in [-0.39, 0.29) is 5.91 Å². The minimum Gasteiger partial charge on any atom is -0.341 e. The van der Waals surface area contributed by atoms with E-state index in [0.29, 0.717) is 25.9 Å². The molecular weight excluding hydrogens is 274 g/mol. The number of imide groups is 2. The van der Waals surface area contributed by atoms with Gasteiger partial charge in [-0.05, 0) is 33.6 Å². The highest BCUT2D eigenvalue weighted by molar-refractivity contribution is 6.20. The molecule has 1 aliphatic heterocycles. The van der Waals surface area contributed by atoms with Crippen LogP contribution in [0.4, 0.5) is 4.79 Å². The molecule has 1 atom stereocenters. The Labute approximate surface area is 123 Å². The predicted molar refractivity (Wildman–Crippen MR) is 74.1 cm³/mol. The summed E-state index contributed by atoms with van der Waals surface area (Å²) in [5, 5.41) is 2.22. The van der Waals surface area contributed by atoms with Gasteiger partial charge in [0, 0.05) is 13.1 Å². The van der Waals surface area contributed by atoms with E-state index in [0.717, 1.165) is 11.3 Å².